The van der Waals surface area contributed by atoms with Gasteiger partial charge in [0.15, 0.2) is 6.29 Å². The summed E-state index contributed by atoms with van der Waals surface area (Å²) in [7, 11) is 0. The highest BCUT2D eigenvalue weighted by Gasteiger charge is 2.32. The SMILES string of the molecule is C[C@]1(O)CCC[C@H](c2cccnc2Oc2ccc(C=O)c(-c3nc4ccccc4[nH]3)c2)C1. The minimum atomic E-state index is -0.671. The number of hydrogen-bond donors (Lipinski definition) is 2. The number of nitrogens with zero attached hydrogens (tertiary/aromatic N) is 2. The lowest BCUT2D eigenvalue weighted by Crippen LogP contribution is -2.30. The first-order valence-electron chi connectivity index (χ1n) is 10.9. The molecule has 5 rings (SSSR count). The van der Waals surface area contributed by atoms with Gasteiger partial charge in [-0.1, -0.05) is 18.2 Å². The standard InChI is InChI=1S/C26H25N3O3/c1-26(31)12-4-6-17(15-26)20-7-5-13-27-25(20)32-19-11-10-18(16-30)21(14-19)24-28-22-8-2-3-9-23(22)29-24/h2-3,5,7-11,13-14,16-17,31H,4,6,12,15H2,1H3,(H,28,29)/t17-,26-/m0/s1. The Labute approximate surface area is 186 Å². The third kappa shape index (κ3) is 4.01. The quantitative estimate of drug-likeness (QED) is 0.403. The molecule has 6 heteroatoms. The molecule has 0 spiro atoms. The van der Waals surface area contributed by atoms with Crippen molar-refractivity contribution >= 4 is 17.3 Å². The van der Waals surface area contributed by atoms with Gasteiger partial charge in [0.2, 0.25) is 5.88 Å². The highest BCUT2D eigenvalue weighted by Crippen LogP contribution is 2.42. The maximum atomic E-state index is 11.7. The molecule has 1 aliphatic rings. The van der Waals surface area contributed by atoms with Gasteiger partial charge < -0.3 is 14.8 Å². The van der Waals surface area contributed by atoms with Crippen LogP contribution in [0.15, 0.2) is 60.8 Å². The molecule has 2 aromatic carbocycles. The van der Waals surface area contributed by atoms with Gasteiger partial charge in [-0.25, -0.2) is 9.97 Å². The highest BCUT2D eigenvalue weighted by molar-refractivity contribution is 5.89. The number of aromatic nitrogens is 3. The van der Waals surface area contributed by atoms with Crippen LogP contribution in [-0.4, -0.2) is 31.9 Å². The largest absolute Gasteiger partial charge is 0.439 e. The second-order valence-corrected chi connectivity index (χ2v) is 8.76. The van der Waals surface area contributed by atoms with E-state index in [-0.39, 0.29) is 5.92 Å². The minimum Gasteiger partial charge on any atom is -0.439 e. The fourth-order valence-electron chi connectivity index (χ4n) is 4.63. The Morgan fingerprint density at radius 2 is 2.06 bits per heavy atom. The monoisotopic (exact) mass is 427 g/mol. The molecule has 1 saturated carbocycles. The Hall–Kier alpha value is -3.51. The van der Waals surface area contributed by atoms with E-state index in [0.29, 0.717) is 35.0 Å². The zero-order valence-electron chi connectivity index (χ0n) is 17.9. The zero-order valence-corrected chi connectivity index (χ0v) is 17.9. The second-order valence-electron chi connectivity index (χ2n) is 8.76. The van der Waals surface area contributed by atoms with Gasteiger partial charge >= 0.3 is 0 Å². The molecule has 162 valence electrons. The van der Waals surface area contributed by atoms with Gasteiger partial charge in [-0.3, -0.25) is 4.79 Å². The van der Waals surface area contributed by atoms with Crippen molar-refractivity contribution in [3.8, 4) is 23.0 Å². The number of carbonyl (C=O) groups excluding carboxylic acids is 1. The van der Waals surface area contributed by atoms with Crippen LogP contribution in [0.25, 0.3) is 22.4 Å². The van der Waals surface area contributed by atoms with E-state index in [1.54, 1.807) is 18.3 Å². The number of hydrogen-bond acceptors (Lipinski definition) is 5. The van der Waals surface area contributed by atoms with Gasteiger partial charge in [-0.05, 0) is 74.9 Å². The fraction of sp³-hybridized carbons (Fsp3) is 0.269. The molecule has 1 aliphatic carbocycles. The predicted octanol–water partition coefficient (Wildman–Crippen LogP) is 5.64. The van der Waals surface area contributed by atoms with Crippen LogP contribution >= 0.6 is 0 Å². The van der Waals surface area contributed by atoms with Crippen LogP contribution < -0.4 is 4.74 Å². The lowest BCUT2D eigenvalue weighted by molar-refractivity contribution is 0.0142. The lowest BCUT2D eigenvalue weighted by Gasteiger charge is -2.34. The number of para-hydroxylation sites is 2. The molecule has 6 nitrogen and oxygen atoms in total. The van der Waals surface area contributed by atoms with Gasteiger partial charge in [0.05, 0.1) is 16.6 Å². The minimum absolute atomic E-state index is 0.187. The van der Waals surface area contributed by atoms with Gasteiger partial charge in [-0.15, -0.1) is 0 Å². The molecule has 0 bridgehead atoms. The molecule has 2 atom stereocenters. The van der Waals surface area contributed by atoms with E-state index < -0.39 is 5.60 Å². The second kappa shape index (κ2) is 8.20. The Morgan fingerprint density at radius 3 is 2.88 bits per heavy atom. The summed E-state index contributed by atoms with van der Waals surface area (Å²) in [5, 5.41) is 10.6. The van der Waals surface area contributed by atoms with Crippen molar-refractivity contribution in [2.24, 2.45) is 0 Å². The number of benzene rings is 2. The smallest absolute Gasteiger partial charge is 0.222 e. The summed E-state index contributed by atoms with van der Waals surface area (Å²) in [6.45, 7) is 1.90. The van der Waals surface area contributed by atoms with E-state index in [1.165, 1.54) is 0 Å². The maximum Gasteiger partial charge on any atom is 0.222 e. The van der Waals surface area contributed by atoms with Crippen molar-refractivity contribution in [3.05, 3.63) is 71.9 Å². The molecule has 0 unspecified atom stereocenters. The average molecular weight is 428 g/mol. The number of H-pyrrole nitrogens is 1. The summed E-state index contributed by atoms with van der Waals surface area (Å²) in [6, 6.07) is 17.0. The molecular formula is C26H25N3O3. The van der Waals surface area contributed by atoms with E-state index in [9.17, 15) is 9.90 Å². The maximum absolute atomic E-state index is 11.7. The van der Waals surface area contributed by atoms with Crippen LogP contribution in [0.1, 0.15) is 54.4 Å². The van der Waals surface area contributed by atoms with Crippen LogP contribution in [-0.2, 0) is 0 Å². The van der Waals surface area contributed by atoms with E-state index in [4.69, 9.17) is 4.74 Å². The third-order valence-corrected chi connectivity index (χ3v) is 6.21. The van der Waals surface area contributed by atoms with Gasteiger partial charge in [-0.2, -0.15) is 0 Å². The molecule has 2 aromatic heterocycles. The first-order chi connectivity index (χ1) is 15.5. The Bertz CT molecular complexity index is 1250. The summed E-state index contributed by atoms with van der Waals surface area (Å²) in [6.07, 6.45) is 5.99. The molecule has 2 N–H and O–H groups in total. The predicted molar refractivity (Wildman–Crippen MR) is 123 cm³/mol. The molecule has 0 saturated heterocycles. The number of ether oxygens (including phenoxy) is 1. The number of fused-ring (bicyclic) bond motifs is 1. The van der Waals surface area contributed by atoms with Crippen LogP contribution in [0.3, 0.4) is 0 Å². The van der Waals surface area contributed by atoms with Crippen LogP contribution in [0, 0.1) is 0 Å². The van der Waals surface area contributed by atoms with Crippen molar-refractivity contribution in [2.75, 3.05) is 0 Å². The number of imidazole rings is 1. The number of aldehydes is 1. The number of pyridine rings is 1. The summed E-state index contributed by atoms with van der Waals surface area (Å²) >= 11 is 0. The van der Waals surface area contributed by atoms with Crippen molar-refractivity contribution in [1.29, 1.82) is 0 Å². The van der Waals surface area contributed by atoms with Crippen molar-refractivity contribution < 1.29 is 14.6 Å². The summed E-state index contributed by atoms with van der Waals surface area (Å²) < 4.78 is 6.22. The average Bonchev–Trinajstić information content (AvgIpc) is 3.23. The number of aliphatic hydroxyl groups is 1. The molecule has 0 radical (unpaired) electrons. The van der Waals surface area contributed by atoms with Crippen LogP contribution in [0.2, 0.25) is 0 Å². The normalized spacial score (nSPS) is 20.9. The Morgan fingerprint density at radius 1 is 1.19 bits per heavy atom. The summed E-state index contributed by atoms with van der Waals surface area (Å²) in [5.74, 6) is 1.91. The fourth-order valence-corrected chi connectivity index (χ4v) is 4.63. The Kier molecular flexibility index (Phi) is 5.23. The van der Waals surface area contributed by atoms with Crippen molar-refractivity contribution in [1.82, 2.24) is 15.0 Å². The summed E-state index contributed by atoms with van der Waals surface area (Å²) in [4.78, 5) is 24.1. The number of rotatable bonds is 5. The number of aromatic amines is 1. The molecule has 4 aromatic rings. The van der Waals surface area contributed by atoms with E-state index in [0.717, 1.165) is 42.1 Å². The highest BCUT2D eigenvalue weighted by atomic mass is 16.5. The van der Waals surface area contributed by atoms with Gasteiger partial charge in [0.1, 0.15) is 11.6 Å². The van der Waals surface area contributed by atoms with E-state index in [2.05, 4.69) is 15.0 Å². The van der Waals surface area contributed by atoms with E-state index >= 15 is 0 Å². The van der Waals surface area contributed by atoms with E-state index in [1.807, 2.05) is 49.4 Å². The molecular weight excluding hydrogens is 402 g/mol. The van der Waals surface area contributed by atoms with Crippen molar-refractivity contribution in [3.63, 3.8) is 0 Å². The number of nitrogens with one attached hydrogen (secondary N) is 1. The van der Waals surface area contributed by atoms with Crippen molar-refractivity contribution in [2.45, 2.75) is 44.1 Å². The van der Waals surface area contributed by atoms with Gasteiger partial charge in [0, 0.05) is 22.9 Å². The molecule has 32 heavy (non-hydrogen) atoms. The first kappa shape index (κ1) is 20.4. The summed E-state index contributed by atoms with van der Waals surface area (Å²) in [5.41, 5.74) is 3.27. The molecule has 1 fully saturated rings. The lowest BCUT2D eigenvalue weighted by atomic mass is 9.76. The first-order valence-corrected chi connectivity index (χ1v) is 10.9. The molecule has 0 aliphatic heterocycles. The number of carbonyl (C=O) groups is 1. The molecule has 0 amide bonds. The zero-order chi connectivity index (χ0) is 22.1. The van der Waals surface area contributed by atoms with Gasteiger partial charge in [0.25, 0.3) is 0 Å². The van der Waals surface area contributed by atoms with Crippen LogP contribution in [0.5, 0.6) is 11.6 Å². The van der Waals surface area contributed by atoms with Crippen LogP contribution in [0.4, 0.5) is 0 Å². The Balaban J connectivity index is 1.49. The third-order valence-electron chi connectivity index (χ3n) is 6.21. The molecule has 2 heterocycles. The topological polar surface area (TPSA) is 88.1 Å².